The monoisotopic (exact) mass is 433 g/mol. The second-order valence-electron chi connectivity index (χ2n) is 6.97. The van der Waals surface area contributed by atoms with Gasteiger partial charge in [-0.25, -0.2) is 4.39 Å². The van der Waals surface area contributed by atoms with Crippen LogP contribution >= 0.6 is 11.8 Å². The third kappa shape index (κ3) is 6.01. The molecule has 0 spiro atoms. The summed E-state index contributed by atoms with van der Waals surface area (Å²) < 4.78 is 18.8. The highest BCUT2D eigenvalue weighted by Gasteiger charge is 2.24. The summed E-state index contributed by atoms with van der Waals surface area (Å²) in [6.07, 6.45) is 0. The van der Waals surface area contributed by atoms with Crippen molar-refractivity contribution in [3.8, 4) is 0 Å². The summed E-state index contributed by atoms with van der Waals surface area (Å²) in [5, 5.41) is 13.4. The Morgan fingerprint density at radius 3 is 2.43 bits per heavy atom. The molecule has 9 heteroatoms. The maximum Gasteiger partial charge on any atom is 0.269 e. The molecule has 0 aliphatic carbocycles. The molecule has 1 N–H and O–H groups in total. The number of hydrogen-bond acceptors (Lipinski definition) is 6. The number of non-ortho nitro benzene ring substituents is 1. The van der Waals surface area contributed by atoms with Gasteiger partial charge in [0.1, 0.15) is 5.82 Å². The van der Waals surface area contributed by atoms with Gasteiger partial charge in [-0.15, -0.1) is 11.8 Å². The van der Waals surface area contributed by atoms with Crippen molar-refractivity contribution in [2.24, 2.45) is 0 Å². The van der Waals surface area contributed by atoms with Gasteiger partial charge in [0.2, 0.25) is 5.91 Å². The molecule has 3 rings (SSSR count). The Kier molecular flexibility index (Phi) is 7.78. The van der Waals surface area contributed by atoms with Crippen molar-refractivity contribution in [3.05, 3.63) is 70.0 Å². The van der Waals surface area contributed by atoms with Gasteiger partial charge in [0.05, 0.1) is 29.4 Å². The lowest BCUT2D eigenvalue weighted by Crippen LogP contribution is -2.44. The van der Waals surface area contributed by atoms with Gasteiger partial charge >= 0.3 is 0 Å². The topological polar surface area (TPSA) is 84.7 Å². The Labute approximate surface area is 178 Å². The zero-order valence-corrected chi connectivity index (χ0v) is 17.4. The number of carbonyl (C=O) groups excluding carboxylic acids is 1. The standard InChI is InChI=1S/C21H24FN3O4S/c1-15(30-19-8-6-18(7-9-19)25(27)28)21(26)23-14-20(24-10-12-29-13-11-24)16-2-4-17(22)5-3-16/h2-9,15,20H,10-14H2,1H3,(H,23,26)/t15-,20+/m1/s1. The number of carbonyl (C=O) groups is 1. The SMILES string of the molecule is C[C@@H](Sc1ccc([N+](=O)[O-])cc1)C(=O)NC[C@@H](c1ccc(F)cc1)N1CCOCC1. The summed E-state index contributed by atoms with van der Waals surface area (Å²) >= 11 is 1.34. The number of nitrogens with zero attached hydrogens (tertiary/aromatic N) is 2. The summed E-state index contributed by atoms with van der Waals surface area (Å²) in [5.74, 6) is -0.421. The summed E-state index contributed by atoms with van der Waals surface area (Å²) in [4.78, 5) is 26.0. The molecule has 0 unspecified atom stereocenters. The second kappa shape index (κ2) is 10.5. The highest BCUT2D eigenvalue weighted by molar-refractivity contribution is 8.00. The molecule has 1 fully saturated rings. The quantitative estimate of drug-likeness (QED) is 0.390. The van der Waals surface area contributed by atoms with Gasteiger partial charge in [-0.1, -0.05) is 12.1 Å². The van der Waals surface area contributed by atoms with Gasteiger partial charge in [0, 0.05) is 36.7 Å². The number of halogens is 1. The summed E-state index contributed by atoms with van der Waals surface area (Å²) in [6.45, 7) is 4.92. The van der Waals surface area contributed by atoms with Crippen LogP contribution in [-0.2, 0) is 9.53 Å². The van der Waals surface area contributed by atoms with E-state index in [0.717, 1.165) is 23.5 Å². The first-order valence-corrected chi connectivity index (χ1v) is 10.6. The smallest absolute Gasteiger partial charge is 0.269 e. The fourth-order valence-corrected chi connectivity index (χ4v) is 4.17. The molecule has 0 radical (unpaired) electrons. The van der Waals surface area contributed by atoms with Crippen LogP contribution in [0.1, 0.15) is 18.5 Å². The Balaban J connectivity index is 1.61. The predicted octanol–water partition coefficient (Wildman–Crippen LogP) is 3.40. The molecule has 1 aliphatic heterocycles. The fraction of sp³-hybridized carbons (Fsp3) is 0.381. The molecule has 160 valence electrons. The molecule has 2 aromatic carbocycles. The molecular weight excluding hydrogens is 409 g/mol. The summed E-state index contributed by atoms with van der Waals surface area (Å²) in [6, 6.07) is 12.4. The molecule has 1 aliphatic rings. The lowest BCUT2D eigenvalue weighted by molar-refractivity contribution is -0.384. The average Bonchev–Trinajstić information content (AvgIpc) is 2.76. The minimum absolute atomic E-state index is 0.0177. The Hall–Kier alpha value is -2.49. The van der Waals surface area contributed by atoms with Crippen LogP contribution in [0.3, 0.4) is 0 Å². The van der Waals surface area contributed by atoms with Crippen molar-refractivity contribution in [2.75, 3.05) is 32.8 Å². The highest BCUT2D eigenvalue weighted by atomic mass is 32.2. The molecule has 0 bridgehead atoms. The summed E-state index contributed by atoms with van der Waals surface area (Å²) in [5.41, 5.74) is 0.957. The van der Waals surface area contributed by atoms with Gasteiger partial charge in [0.15, 0.2) is 0 Å². The van der Waals surface area contributed by atoms with E-state index >= 15 is 0 Å². The second-order valence-corrected chi connectivity index (χ2v) is 8.39. The van der Waals surface area contributed by atoms with Crippen molar-refractivity contribution in [1.29, 1.82) is 0 Å². The predicted molar refractivity (Wildman–Crippen MR) is 113 cm³/mol. The number of morpholine rings is 1. The first-order chi connectivity index (χ1) is 14.4. The Morgan fingerprint density at radius 2 is 1.83 bits per heavy atom. The molecule has 2 atom stereocenters. The number of ether oxygens (including phenoxy) is 1. The normalized spacial score (nSPS) is 16.6. The first kappa shape index (κ1) is 22.2. The maximum atomic E-state index is 13.3. The molecule has 0 saturated carbocycles. The van der Waals surface area contributed by atoms with Crippen LogP contribution < -0.4 is 5.32 Å². The van der Waals surface area contributed by atoms with Crippen LogP contribution in [-0.4, -0.2) is 53.8 Å². The van der Waals surface area contributed by atoms with Gasteiger partial charge in [-0.2, -0.15) is 0 Å². The van der Waals surface area contributed by atoms with E-state index in [1.165, 1.54) is 36.0 Å². The molecule has 7 nitrogen and oxygen atoms in total. The van der Waals surface area contributed by atoms with Crippen LogP contribution in [0.4, 0.5) is 10.1 Å². The van der Waals surface area contributed by atoms with E-state index in [-0.39, 0.29) is 28.7 Å². The average molecular weight is 434 g/mol. The van der Waals surface area contributed by atoms with E-state index in [1.807, 2.05) is 0 Å². The number of nitro groups is 1. The number of thioether (sulfide) groups is 1. The third-order valence-corrected chi connectivity index (χ3v) is 6.05. The van der Waals surface area contributed by atoms with Crippen molar-refractivity contribution in [1.82, 2.24) is 10.2 Å². The van der Waals surface area contributed by atoms with Gasteiger partial charge in [-0.3, -0.25) is 19.8 Å². The van der Waals surface area contributed by atoms with Gasteiger partial charge < -0.3 is 10.1 Å². The molecular formula is C21H24FN3O4S. The van der Waals surface area contributed by atoms with E-state index in [1.54, 1.807) is 31.2 Å². The molecule has 1 amide bonds. The van der Waals surface area contributed by atoms with E-state index in [0.29, 0.717) is 19.8 Å². The number of hydrogen-bond donors (Lipinski definition) is 1. The van der Waals surface area contributed by atoms with Crippen molar-refractivity contribution in [3.63, 3.8) is 0 Å². The fourth-order valence-electron chi connectivity index (χ4n) is 3.28. The number of benzene rings is 2. The zero-order chi connectivity index (χ0) is 21.5. The number of amides is 1. The van der Waals surface area contributed by atoms with Gasteiger partial charge in [-0.05, 0) is 36.8 Å². The lowest BCUT2D eigenvalue weighted by atomic mass is 10.0. The molecule has 1 heterocycles. The van der Waals surface area contributed by atoms with Crippen molar-refractivity contribution >= 4 is 23.4 Å². The van der Waals surface area contributed by atoms with Crippen LogP contribution in [0.5, 0.6) is 0 Å². The van der Waals surface area contributed by atoms with E-state index in [2.05, 4.69) is 10.2 Å². The molecule has 1 saturated heterocycles. The Morgan fingerprint density at radius 1 is 1.20 bits per heavy atom. The number of nitrogens with one attached hydrogen (secondary N) is 1. The van der Waals surface area contributed by atoms with Crippen LogP contribution in [0, 0.1) is 15.9 Å². The molecule has 30 heavy (non-hydrogen) atoms. The minimum Gasteiger partial charge on any atom is -0.379 e. The van der Waals surface area contributed by atoms with E-state index < -0.39 is 4.92 Å². The van der Waals surface area contributed by atoms with Crippen LogP contribution in [0.2, 0.25) is 0 Å². The lowest BCUT2D eigenvalue weighted by Gasteiger charge is -2.35. The van der Waals surface area contributed by atoms with Crippen molar-refractivity contribution in [2.45, 2.75) is 23.1 Å². The largest absolute Gasteiger partial charge is 0.379 e. The number of rotatable bonds is 8. The zero-order valence-electron chi connectivity index (χ0n) is 16.6. The highest BCUT2D eigenvalue weighted by Crippen LogP contribution is 2.26. The molecule has 2 aromatic rings. The van der Waals surface area contributed by atoms with Gasteiger partial charge in [0.25, 0.3) is 5.69 Å². The minimum atomic E-state index is -0.453. The molecule has 0 aromatic heterocycles. The summed E-state index contributed by atoms with van der Waals surface area (Å²) in [7, 11) is 0. The van der Waals surface area contributed by atoms with E-state index in [4.69, 9.17) is 4.74 Å². The maximum absolute atomic E-state index is 13.3. The first-order valence-electron chi connectivity index (χ1n) is 9.70. The Bertz CT molecular complexity index is 858. The third-order valence-electron chi connectivity index (χ3n) is 4.94. The van der Waals surface area contributed by atoms with Crippen molar-refractivity contribution < 1.29 is 18.8 Å². The van der Waals surface area contributed by atoms with Crippen LogP contribution in [0.25, 0.3) is 0 Å². The van der Waals surface area contributed by atoms with E-state index in [9.17, 15) is 19.3 Å². The number of nitro benzene ring substituents is 1. The van der Waals surface area contributed by atoms with Crippen LogP contribution in [0.15, 0.2) is 53.4 Å².